The van der Waals surface area contributed by atoms with Crippen LogP contribution in [0.5, 0.6) is 17.2 Å². The third kappa shape index (κ3) is 4.97. The van der Waals surface area contributed by atoms with Crippen molar-refractivity contribution in [2.75, 3.05) is 20.8 Å². The Kier molecular flexibility index (Phi) is 6.37. The Labute approximate surface area is 145 Å². The summed E-state index contributed by atoms with van der Waals surface area (Å²) < 4.78 is 15.7. The predicted molar refractivity (Wildman–Crippen MR) is 91.9 cm³/mol. The van der Waals surface area contributed by atoms with Crippen LogP contribution >= 0.6 is 0 Å². The summed E-state index contributed by atoms with van der Waals surface area (Å²) in [6.45, 7) is -0.248. The summed E-state index contributed by atoms with van der Waals surface area (Å²) in [6.07, 6.45) is 1.48. The van der Waals surface area contributed by atoms with Crippen molar-refractivity contribution in [1.82, 2.24) is 5.43 Å². The van der Waals surface area contributed by atoms with E-state index in [2.05, 4.69) is 10.5 Å². The third-order valence-corrected chi connectivity index (χ3v) is 3.18. The van der Waals surface area contributed by atoms with Crippen molar-refractivity contribution < 1.29 is 19.0 Å². The van der Waals surface area contributed by atoms with Crippen LogP contribution in [0.25, 0.3) is 0 Å². The molecule has 2 aromatic carbocycles. The highest BCUT2D eigenvalue weighted by molar-refractivity contribution is 5.83. The fourth-order valence-electron chi connectivity index (χ4n) is 1.97. The second-order valence-electron chi connectivity index (χ2n) is 4.80. The predicted octanol–water partition coefficient (Wildman–Crippen LogP) is 2.10. The smallest absolute Gasteiger partial charge is 0.277 e. The van der Waals surface area contributed by atoms with Crippen molar-refractivity contribution in [2.45, 2.75) is 0 Å². The molecule has 2 aromatic rings. The third-order valence-electron chi connectivity index (χ3n) is 3.18. The first kappa shape index (κ1) is 17.8. The maximum Gasteiger partial charge on any atom is 0.277 e. The number of hydrogen-bond acceptors (Lipinski definition) is 6. The molecule has 0 aliphatic heterocycles. The molecule has 0 aromatic heterocycles. The van der Waals surface area contributed by atoms with Gasteiger partial charge in [-0.25, -0.2) is 5.43 Å². The van der Waals surface area contributed by atoms with Gasteiger partial charge in [0, 0.05) is 0 Å². The van der Waals surface area contributed by atoms with Gasteiger partial charge in [0.25, 0.3) is 5.91 Å². The lowest BCUT2D eigenvalue weighted by molar-refractivity contribution is -0.123. The molecule has 25 heavy (non-hydrogen) atoms. The molecule has 1 N–H and O–H groups in total. The Balaban J connectivity index is 1.89. The van der Waals surface area contributed by atoms with Gasteiger partial charge in [-0.1, -0.05) is 12.1 Å². The van der Waals surface area contributed by atoms with Crippen LogP contribution in [-0.2, 0) is 4.79 Å². The molecule has 0 heterocycles. The van der Waals surface area contributed by atoms with Gasteiger partial charge in [0.05, 0.1) is 26.0 Å². The van der Waals surface area contributed by atoms with Gasteiger partial charge in [0.15, 0.2) is 18.1 Å². The SMILES string of the molecule is COc1ccc(/C=N/NC(=O)COc2ccccc2C#N)cc1OC. The second kappa shape index (κ2) is 8.93. The largest absolute Gasteiger partial charge is 0.493 e. The Bertz CT molecular complexity index is 812. The van der Waals surface area contributed by atoms with Crippen LogP contribution in [0.2, 0.25) is 0 Å². The maximum absolute atomic E-state index is 11.8. The number of carbonyl (C=O) groups excluding carboxylic acids is 1. The molecule has 1 amide bonds. The van der Waals surface area contributed by atoms with Gasteiger partial charge in [-0.05, 0) is 35.9 Å². The topological polar surface area (TPSA) is 92.9 Å². The molecule has 0 atom stereocenters. The first-order chi connectivity index (χ1) is 12.2. The lowest BCUT2D eigenvalue weighted by Crippen LogP contribution is -2.24. The lowest BCUT2D eigenvalue weighted by atomic mass is 10.2. The molecule has 0 saturated heterocycles. The van der Waals surface area contributed by atoms with Crippen molar-refractivity contribution in [3.8, 4) is 23.3 Å². The zero-order valence-electron chi connectivity index (χ0n) is 13.9. The van der Waals surface area contributed by atoms with Gasteiger partial charge < -0.3 is 14.2 Å². The van der Waals surface area contributed by atoms with Crippen LogP contribution in [0.4, 0.5) is 0 Å². The zero-order valence-corrected chi connectivity index (χ0v) is 13.9. The Morgan fingerprint density at radius 3 is 2.64 bits per heavy atom. The number of nitrogens with one attached hydrogen (secondary N) is 1. The number of nitrogens with zero attached hydrogens (tertiary/aromatic N) is 2. The summed E-state index contributed by atoms with van der Waals surface area (Å²) in [5.41, 5.74) is 3.45. The summed E-state index contributed by atoms with van der Waals surface area (Å²) in [6, 6.07) is 13.9. The van der Waals surface area contributed by atoms with E-state index in [0.29, 0.717) is 22.8 Å². The Morgan fingerprint density at radius 1 is 1.16 bits per heavy atom. The van der Waals surface area contributed by atoms with Crippen LogP contribution < -0.4 is 19.6 Å². The Morgan fingerprint density at radius 2 is 1.92 bits per heavy atom. The lowest BCUT2D eigenvalue weighted by Gasteiger charge is -2.07. The van der Waals surface area contributed by atoms with E-state index in [4.69, 9.17) is 19.5 Å². The van der Waals surface area contributed by atoms with Gasteiger partial charge in [0.1, 0.15) is 11.8 Å². The summed E-state index contributed by atoms with van der Waals surface area (Å²) >= 11 is 0. The van der Waals surface area contributed by atoms with Gasteiger partial charge in [-0.3, -0.25) is 4.79 Å². The van der Waals surface area contributed by atoms with Crippen molar-refractivity contribution in [2.24, 2.45) is 5.10 Å². The minimum atomic E-state index is -0.440. The normalized spacial score (nSPS) is 10.1. The first-order valence-electron chi connectivity index (χ1n) is 7.33. The minimum Gasteiger partial charge on any atom is -0.493 e. The number of methoxy groups -OCH3 is 2. The monoisotopic (exact) mass is 339 g/mol. The Hall–Kier alpha value is -3.53. The molecule has 0 bridgehead atoms. The zero-order chi connectivity index (χ0) is 18.1. The van der Waals surface area contributed by atoms with Crippen LogP contribution in [0.1, 0.15) is 11.1 Å². The van der Waals surface area contributed by atoms with Crippen molar-refractivity contribution >= 4 is 12.1 Å². The summed E-state index contributed by atoms with van der Waals surface area (Å²) in [5.74, 6) is 1.08. The van der Waals surface area contributed by atoms with Crippen LogP contribution in [0.3, 0.4) is 0 Å². The highest BCUT2D eigenvalue weighted by Crippen LogP contribution is 2.26. The summed E-state index contributed by atoms with van der Waals surface area (Å²) in [4.78, 5) is 11.8. The minimum absolute atomic E-state index is 0.248. The molecule has 7 heteroatoms. The first-order valence-corrected chi connectivity index (χ1v) is 7.33. The van der Waals surface area contributed by atoms with E-state index < -0.39 is 5.91 Å². The molecule has 128 valence electrons. The van der Waals surface area contributed by atoms with Crippen molar-refractivity contribution in [3.05, 3.63) is 53.6 Å². The molecule has 0 fully saturated rings. The van der Waals surface area contributed by atoms with Gasteiger partial charge in [-0.15, -0.1) is 0 Å². The van der Waals surface area contributed by atoms with Gasteiger partial charge in [-0.2, -0.15) is 10.4 Å². The number of para-hydroxylation sites is 1. The van der Waals surface area contributed by atoms with E-state index in [1.807, 2.05) is 6.07 Å². The molecule has 0 saturated carbocycles. The molecule has 0 unspecified atom stereocenters. The second-order valence-corrected chi connectivity index (χ2v) is 4.80. The van der Waals surface area contributed by atoms with Gasteiger partial charge in [0.2, 0.25) is 0 Å². The van der Waals surface area contributed by atoms with Gasteiger partial charge >= 0.3 is 0 Å². The standard InChI is InChI=1S/C18H17N3O4/c1-23-16-8-7-13(9-17(16)24-2)11-20-21-18(22)12-25-15-6-4-3-5-14(15)10-19/h3-9,11H,12H2,1-2H3,(H,21,22)/b20-11+. The molecular formula is C18H17N3O4. The number of hydrazone groups is 1. The number of ether oxygens (including phenoxy) is 3. The van der Waals surface area contributed by atoms with Crippen LogP contribution in [-0.4, -0.2) is 32.9 Å². The number of rotatable bonds is 7. The van der Waals surface area contributed by atoms with E-state index in [0.717, 1.165) is 5.56 Å². The average molecular weight is 339 g/mol. The summed E-state index contributed by atoms with van der Waals surface area (Å²) in [5, 5.41) is 12.8. The molecular weight excluding hydrogens is 322 g/mol. The maximum atomic E-state index is 11.8. The van der Waals surface area contributed by atoms with E-state index in [-0.39, 0.29) is 6.61 Å². The number of carbonyl (C=O) groups is 1. The van der Waals surface area contributed by atoms with E-state index in [1.165, 1.54) is 13.3 Å². The molecule has 2 rings (SSSR count). The average Bonchev–Trinajstić information content (AvgIpc) is 2.66. The van der Waals surface area contributed by atoms with E-state index in [1.54, 1.807) is 49.6 Å². The quantitative estimate of drug-likeness (QED) is 0.616. The van der Waals surface area contributed by atoms with Crippen molar-refractivity contribution in [1.29, 1.82) is 5.26 Å². The van der Waals surface area contributed by atoms with Crippen LogP contribution in [0, 0.1) is 11.3 Å². The number of benzene rings is 2. The summed E-state index contributed by atoms with van der Waals surface area (Å²) in [7, 11) is 3.09. The van der Waals surface area contributed by atoms with Crippen molar-refractivity contribution in [3.63, 3.8) is 0 Å². The fraction of sp³-hybridized carbons (Fsp3) is 0.167. The van der Waals surface area contributed by atoms with E-state index in [9.17, 15) is 4.79 Å². The highest BCUT2D eigenvalue weighted by Gasteiger charge is 2.06. The molecule has 7 nitrogen and oxygen atoms in total. The number of amides is 1. The molecule has 0 aliphatic carbocycles. The number of nitriles is 1. The van der Waals surface area contributed by atoms with E-state index >= 15 is 0 Å². The molecule has 0 radical (unpaired) electrons. The van der Waals surface area contributed by atoms with Crippen LogP contribution in [0.15, 0.2) is 47.6 Å². The highest BCUT2D eigenvalue weighted by atomic mass is 16.5. The number of hydrogen-bond donors (Lipinski definition) is 1. The molecule has 0 spiro atoms. The molecule has 0 aliphatic rings. The fourth-order valence-corrected chi connectivity index (χ4v) is 1.97.